The first kappa shape index (κ1) is 13.4. The summed E-state index contributed by atoms with van der Waals surface area (Å²) in [5.41, 5.74) is 1.16. The third kappa shape index (κ3) is 3.49. The third-order valence-corrected chi connectivity index (χ3v) is 3.38. The van der Waals surface area contributed by atoms with Gasteiger partial charge in [0.2, 0.25) is 0 Å². The fourth-order valence-corrected chi connectivity index (χ4v) is 2.12. The number of nitrogens with zero attached hydrogens (tertiary/aromatic N) is 2. The van der Waals surface area contributed by atoms with Crippen LogP contribution in [0.25, 0.3) is 0 Å². The maximum atomic E-state index is 6.21. The molecule has 1 heterocycles. The minimum absolute atomic E-state index is 0.222. The lowest BCUT2D eigenvalue weighted by Gasteiger charge is -2.08. The number of hydrogen-bond donors (Lipinski definition) is 1. The summed E-state index contributed by atoms with van der Waals surface area (Å²) >= 11 is 6.21. The number of aromatic nitrogens is 2. The van der Waals surface area contributed by atoms with Gasteiger partial charge in [0.25, 0.3) is 5.89 Å². The minimum atomic E-state index is 0.222. The van der Waals surface area contributed by atoms with Crippen molar-refractivity contribution in [2.24, 2.45) is 0 Å². The predicted molar refractivity (Wildman–Crippen MR) is 74.7 cm³/mol. The highest BCUT2D eigenvalue weighted by Crippen LogP contribution is 2.27. The van der Waals surface area contributed by atoms with Crippen LogP contribution >= 0.6 is 11.6 Å². The lowest BCUT2D eigenvalue weighted by Crippen LogP contribution is -2.15. The first-order valence-electron chi connectivity index (χ1n) is 6.64. The Balaban J connectivity index is 1.58. The number of benzene rings is 1. The molecule has 1 aromatic heterocycles. The van der Waals surface area contributed by atoms with Crippen LogP contribution in [0.1, 0.15) is 30.1 Å². The summed E-state index contributed by atoms with van der Waals surface area (Å²) in [5, 5.41) is 7.75. The third-order valence-electron chi connectivity index (χ3n) is 3.09. The van der Waals surface area contributed by atoms with Gasteiger partial charge in [-0.1, -0.05) is 22.8 Å². The zero-order chi connectivity index (χ0) is 13.9. The molecule has 0 saturated heterocycles. The Morgan fingerprint density at radius 3 is 2.95 bits per heavy atom. The van der Waals surface area contributed by atoms with Gasteiger partial charge in [0.15, 0.2) is 12.4 Å². The highest BCUT2D eigenvalue weighted by atomic mass is 35.5. The molecule has 1 aliphatic rings. The molecule has 0 unspecified atom stereocenters. The SMILES string of the molecule is Cc1noc(COc2ccc(CNC3CC3)cc2Cl)n1. The van der Waals surface area contributed by atoms with Crippen molar-refractivity contribution in [3.05, 3.63) is 40.5 Å². The van der Waals surface area contributed by atoms with E-state index in [0.717, 1.165) is 12.1 Å². The van der Waals surface area contributed by atoms with Crippen LogP contribution < -0.4 is 10.1 Å². The summed E-state index contributed by atoms with van der Waals surface area (Å²) in [6, 6.07) is 6.49. The molecule has 20 heavy (non-hydrogen) atoms. The molecular weight excluding hydrogens is 278 g/mol. The molecule has 106 valence electrons. The molecule has 1 saturated carbocycles. The number of nitrogens with one attached hydrogen (secondary N) is 1. The summed E-state index contributed by atoms with van der Waals surface area (Å²) in [7, 11) is 0. The van der Waals surface area contributed by atoms with Crippen molar-refractivity contribution in [1.82, 2.24) is 15.5 Å². The fraction of sp³-hybridized carbons (Fsp3) is 0.429. The lowest BCUT2D eigenvalue weighted by atomic mass is 10.2. The van der Waals surface area contributed by atoms with Gasteiger partial charge in [0.1, 0.15) is 5.75 Å². The molecule has 0 radical (unpaired) electrons. The number of rotatable bonds is 6. The Labute approximate surface area is 122 Å². The number of hydrogen-bond acceptors (Lipinski definition) is 5. The molecule has 2 aromatic rings. The van der Waals surface area contributed by atoms with E-state index in [1.165, 1.54) is 12.8 Å². The van der Waals surface area contributed by atoms with E-state index in [1.807, 2.05) is 18.2 Å². The first-order valence-corrected chi connectivity index (χ1v) is 7.02. The molecule has 6 heteroatoms. The van der Waals surface area contributed by atoms with E-state index in [9.17, 15) is 0 Å². The maximum absolute atomic E-state index is 6.21. The van der Waals surface area contributed by atoms with E-state index in [0.29, 0.717) is 28.5 Å². The monoisotopic (exact) mass is 293 g/mol. The van der Waals surface area contributed by atoms with E-state index in [4.69, 9.17) is 20.9 Å². The Hall–Kier alpha value is -1.59. The molecule has 1 aromatic carbocycles. The zero-order valence-electron chi connectivity index (χ0n) is 11.2. The Kier molecular flexibility index (Phi) is 3.89. The highest BCUT2D eigenvalue weighted by molar-refractivity contribution is 6.32. The molecule has 0 spiro atoms. The van der Waals surface area contributed by atoms with Crippen molar-refractivity contribution >= 4 is 11.6 Å². The van der Waals surface area contributed by atoms with Crippen LogP contribution in [0.2, 0.25) is 5.02 Å². The molecule has 0 amide bonds. The number of halogens is 1. The predicted octanol–water partition coefficient (Wildman–Crippen LogP) is 2.86. The summed E-state index contributed by atoms with van der Waals surface area (Å²) in [4.78, 5) is 4.07. The quantitative estimate of drug-likeness (QED) is 0.887. The molecule has 0 atom stereocenters. The van der Waals surface area contributed by atoms with Crippen LogP contribution in [-0.2, 0) is 13.2 Å². The van der Waals surface area contributed by atoms with Crippen LogP contribution in [0.5, 0.6) is 5.75 Å². The smallest absolute Gasteiger partial charge is 0.264 e. The van der Waals surface area contributed by atoms with Crippen molar-refractivity contribution < 1.29 is 9.26 Å². The normalized spacial score (nSPS) is 14.5. The van der Waals surface area contributed by atoms with Crippen molar-refractivity contribution in [1.29, 1.82) is 0 Å². The molecule has 0 aliphatic heterocycles. The van der Waals surface area contributed by atoms with E-state index in [-0.39, 0.29) is 6.61 Å². The highest BCUT2D eigenvalue weighted by Gasteiger charge is 2.20. The van der Waals surface area contributed by atoms with Crippen LogP contribution in [0.15, 0.2) is 22.7 Å². The standard InChI is InChI=1S/C14H16ClN3O2/c1-9-17-14(20-18-9)8-19-13-5-2-10(6-12(13)15)7-16-11-3-4-11/h2,5-6,11,16H,3-4,7-8H2,1H3. The van der Waals surface area contributed by atoms with Crippen molar-refractivity contribution in [3.8, 4) is 5.75 Å². The second-order valence-corrected chi connectivity index (χ2v) is 5.35. The Morgan fingerprint density at radius 2 is 2.30 bits per heavy atom. The van der Waals surface area contributed by atoms with Crippen LogP contribution in [0, 0.1) is 6.92 Å². The Morgan fingerprint density at radius 1 is 1.45 bits per heavy atom. The molecule has 3 rings (SSSR count). The van der Waals surface area contributed by atoms with Gasteiger partial charge in [-0.3, -0.25) is 0 Å². The van der Waals surface area contributed by atoms with Crippen LogP contribution in [0.4, 0.5) is 0 Å². The van der Waals surface area contributed by atoms with Gasteiger partial charge < -0.3 is 14.6 Å². The van der Waals surface area contributed by atoms with E-state index in [2.05, 4.69) is 15.5 Å². The van der Waals surface area contributed by atoms with Crippen molar-refractivity contribution in [2.75, 3.05) is 0 Å². The number of aryl methyl sites for hydroxylation is 1. The largest absolute Gasteiger partial charge is 0.482 e. The average molecular weight is 294 g/mol. The van der Waals surface area contributed by atoms with Gasteiger partial charge in [0.05, 0.1) is 5.02 Å². The topological polar surface area (TPSA) is 60.2 Å². The van der Waals surface area contributed by atoms with Gasteiger partial charge in [-0.2, -0.15) is 4.98 Å². The van der Waals surface area contributed by atoms with Gasteiger partial charge in [0, 0.05) is 12.6 Å². The molecule has 0 bridgehead atoms. The maximum Gasteiger partial charge on any atom is 0.264 e. The summed E-state index contributed by atoms with van der Waals surface area (Å²) < 4.78 is 10.6. The van der Waals surface area contributed by atoms with E-state index < -0.39 is 0 Å². The van der Waals surface area contributed by atoms with Crippen LogP contribution in [0.3, 0.4) is 0 Å². The molecule has 5 nitrogen and oxygen atoms in total. The second-order valence-electron chi connectivity index (χ2n) is 4.94. The average Bonchev–Trinajstić information content (AvgIpc) is 3.17. The summed E-state index contributed by atoms with van der Waals surface area (Å²) in [5.74, 6) is 1.66. The van der Waals surface area contributed by atoms with Crippen molar-refractivity contribution in [3.63, 3.8) is 0 Å². The Bertz CT molecular complexity index is 596. The molecular formula is C14H16ClN3O2. The molecule has 1 aliphatic carbocycles. The summed E-state index contributed by atoms with van der Waals surface area (Å²) in [6.45, 7) is 2.83. The number of ether oxygens (including phenoxy) is 1. The van der Waals surface area contributed by atoms with Gasteiger partial charge in [-0.05, 0) is 37.5 Å². The van der Waals surface area contributed by atoms with Gasteiger partial charge in [-0.25, -0.2) is 0 Å². The van der Waals surface area contributed by atoms with Gasteiger partial charge in [-0.15, -0.1) is 0 Å². The van der Waals surface area contributed by atoms with E-state index >= 15 is 0 Å². The fourth-order valence-electron chi connectivity index (χ4n) is 1.86. The second kappa shape index (κ2) is 5.81. The molecule has 1 fully saturated rings. The van der Waals surface area contributed by atoms with E-state index in [1.54, 1.807) is 6.92 Å². The minimum Gasteiger partial charge on any atom is -0.482 e. The lowest BCUT2D eigenvalue weighted by molar-refractivity contribution is 0.242. The zero-order valence-corrected chi connectivity index (χ0v) is 12.0. The van der Waals surface area contributed by atoms with Gasteiger partial charge >= 0.3 is 0 Å². The van der Waals surface area contributed by atoms with Crippen molar-refractivity contribution in [2.45, 2.75) is 39.0 Å². The molecule has 1 N–H and O–H groups in total. The summed E-state index contributed by atoms with van der Waals surface area (Å²) in [6.07, 6.45) is 2.55. The van der Waals surface area contributed by atoms with Crippen LogP contribution in [-0.4, -0.2) is 16.2 Å². The first-order chi connectivity index (χ1) is 9.70.